The summed E-state index contributed by atoms with van der Waals surface area (Å²) >= 11 is 0. The second-order valence-corrected chi connectivity index (χ2v) is 20.2. The quantitative estimate of drug-likeness (QED) is 0.0280. The van der Waals surface area contributed by atoms with Crippen molar-refractivity contribution in [2.45, 2.75) is 123 Å². The van der Waals surface area contributed by atoms with Crippen molar-refractivity contribution in [2.24, 2.45) is 11.7 Å². The van der Waals surface area contributed by atoms with E-state index in [1.807, 2.05) is 126 Å². The van der Waals surface area contributed by atoms with Crippen LogP contribution in [0, 0.1) is 5.92 Å². The van der Waals surface area contributed by atoms with Crippen molar-refractivity contribution < 1.29 is 60.6 Å². The van der Waals surface area contributed by atoms with E-state index in [4.69, 9.17) is 34.0 Å². The lowest BCUT2D eigenvalue weighted by Gasteiger charge is -2.20. The molecule has 0 spiro atoms. The summed E-state index contributed by atoms with van der Waals surface area (Å²) in [5.41, 5.74) is 11.1. The molecule has 2 atom stereocenters. The highest BCUT2D eigenvalue weighted by Crippen LogP contribution is 2.44. The number of hydrogen-bond donors (Lipinski definition) is 4. The molecule has 0 radical (unpaired) electrons. The molecule has 0 aliphatic heterocycles. The molecule has 4 aromatic carbocycles. The first-order chi connectivity index (χ1) is 33.0. The van der Waals surface area contributed by atoms with Gasteiger partial charge in [0.25, 0.3) is 10.1 Å². The first kappa shape index (κ1) is 58.0. The SMILES string of the molecule is CC(C)(C)OC(=O)NCCCC[C@H](CC(=O)OCC1c2ccccc2-c2ccccc21)C(=O)OCc1ccccc1.CC(C)(C)OC(=O)NCCCC[C@H](N)C(=O)OCc1ccccc1.CS(=O)(=O)O. The van der Waals surface area contributed by atoms with Crippen molar-refractivity contribution in [1.82, 2.24) is 10.6 Å². The van der Waals surface area contributed by atoms with Crippen LogP contribution in [0.2, 0.25) is 0 Å². The van der Waals surface area contributed by atoms with E-state index < -0.39 is 63.4 Å². The summed E-state index contributed by atoms with van der Waals surface area (Å²) in [7, 11) is -3.67. The molecular formula is C53H71N3O13S. The van der Waals surface area contributed by atoms with Crippen molar-refractivity contribution in [2.75, 3.05) is 26.0 Å². The molecule has 5 rings (SSSR count). The molecule has 1 aliphatic carbocycles. The fraction of sp³-hybridized carbons (Fsp3) is 0.453. The Labute approximate surface area is 413 Å². The molecule has 0 saturated carbocycles. The van der Waals surface area contributed by atoms with Gasteiger partial charge in [0.15, 0.2) is 0 Å². The van der Waals surface area contributed by atoms with Gasteiger partial charge in [0.05, 0.1) is 18.6 Å². The van der Waals surface area contributed by atoms with Crippen LogP contribution in [0.3, 0.4) is 0 Å². The van der Waals surface area contributed by atoms with Gasteiger partial charge in [-0.25, -0.2) is 9.59 Å². The number of unbranched alkanes of at least 4 members (excludes halogenated alkanes) is 2. The second-order valence-electron chi connectivity index (χ2n) is 18.7. The fourth-order valence-corrected chi connectivity index (χ4v) is 6.99. The number of amides is 2. The number of alkyl carbamates (subject to hydrolysis) is 2. The monoisotopic (exact) mass is 989 g/mol. The molecule has 382 valence electrons. The predicted octanol–water partition coefficient (Wildman–Crippen LogP) is 9.04. The molecule has 0 unspecified atom stereocenters. The van der Waals surface area contributed by atoms with Crippen molar-refractivity contribution >= 4 is 40.2 Å². The molecule has 0 heterocycles. The summed E-state index contributed by atoms with van der Waals surface area (Å²) < 4.78 is 52.8. The molecule has 16 nitrogen and oxygen atoms in total. The van der Waals surface area contributed by atoms with Crippen molar-refractivity contribution in [3.05, 3.63) is 131 Å². The van der Waals surface area contributed by atoms with Crippen LogP contribution in [0.5, 0.6) is 0 Å². The molecule has 1 aliphatic rings. The standard InChI is InChI=1S/C34H39NO6.C18H28N2O4.CH4O3S/c1-34(2,3)41-33(38)35-20-12-11-15-25(32(37)40-22-24-13-5-4-6-14-24)21-31(36)39-23-30-28-18-9-7-16-26(28)27-17-8-10-19-29(27)30;1-18(2,3)24-17(22)20-12-8-7-11-15(19)16(21)23-13-14-9-5-4-6-10-14;1-5(2,3)4/h4-10,13-14,16-19,25,30H,11-12,15,20-23H2,1-3H3,(H,35,38);4-6,9-10,15H,7-8,11-13,19H2,1-3H3,(H,20,22);1H3,(H,2,3,4)/t25-;15-;/m10./s1. The average Bonchev–Trinajstić information content (AvgIpc) is 3.61. The number of hydrogen-bond acceptors (Lipinski definition) is 13. The normalized spacial score (nSPS) is 12.7. The molecule has 0 aromatic heterocycles. The Morgan fingerprint density at radius 3 is 1.44 bits per heavy atom. The summed E-state index contributed by atoms with van der Waals surface area (Å²) in [4.78, 5) is 61.2. The number of nitrogens with one attached hydrogen (secondary N) is 2. The van der Waals surface area contributed by atoms with Crippen LogP contribution in [-0.2, 0) is 61.4 Å². The van der Waals surface area contributed by atoms with Gasteiger partial charge in [0, 0.05) is 19.0 Å². The van der Waals surface area contributed by atoms with Crippen LogP contribution in [0.15, 0.2) is 109 Å². The number of nitrogens with two attached hydrogens (primary N) is 1. The molecule has 70 heavy (non-hydrogen) atoms. The lowest BCUT2D eigenvalue weighted by Crippen LogP contribution is -2.34. The number of carbonyl (C=O) groups is 5. The number of fused-ring (bicyclic) bond motifs is 3. The van der Waals surface area contributed by atoms with Crippen molar-refractivity contribution in [3.8, 4) is 11.1 Å². The highest BCUT2D eigenvalue weighted by Gasteiger charge is 2.30. The Balaban J connectivity index is 0.000000378. The fourth-order valence-electron chi connectivity index (χ4n) is 6.99. The maximum atomic E-state index is 13.0. The Kier molecular flexibility index (Phi) is 24.0. The highest BCUT2D eigenvalue weighted by atomic mass is 32.2. The zero-order valence-electron chi connectivity index (χ0n) is 41.4. The molecule has 0 fully saturated rings. The third kappa shape index (κ3) is 24.3. The Morgan fingerprint density at radius 2 is 1.00 bits per heavy atom. The second kappa shape index (κ2) is 29.0. The number of benzene rings is 4. The number of esters is 3. The van der Waals surface area contributed by atoms with Crippen LogP contribution in [0.1, 0.15) is 115 Å². The van der Waals surface area contributed by atoms with Gasteiger partial charge in [0.2, 0.25) is 0 Å². The van der Waals surface area contributed by atoms with E-state index >= 15 is 0 Å². The van der Waals surface area contributed by atoms with Crippen molar-refractivity contribution in [3.63, 3.8) is 0 Å². The number of carbonyl (C=O) groups excluding carboxylic acids is 5. The summed E-state index contributed by atoms with van der Waals surface area (Å²) in [6, 6.07) is 34.6. The van der Waals surface area contributed by atoms with Crippen molar-refractivity contribution in [1.29, 1.82) is 0 Å². The Morgan fingerprint density at radius 1 is 0.600 bits per heavy atom. The van der Waals surface area contributed by atoms with Crippen LogP contribution in [0.25, 0.3) is 11.1 Å². The van der Waals surface area contributed by atoms with Gasteiger partial charge in [-0.3, -0.25) is 18.9 Å². The van der Waals surface area contributed by atoms with E-state index in [9.17, 15) is 32.4 Å². The number of ether oxygens (including phenoxy) is 5. The molecular weight excluding hydrogens is 919 g/mol. The van der Waals surface area contributed by atoms with E-state index in [0.717, 1.165) is 46.2 Å². The van der Waals surface area contributed by atoms with Gasteiger partial charge in [-0.1, -0.05) is 116 Å². The Bertz CT molecular complexity index is 2310. The van der Waals surface area contributed by atoms with Gasteiger partial charge in [0.1, 0.15) is 37.1 Å². The molecule has 17 heteroatoms. The topological polar surface area (TPSA) is 236 Å². The highest BCUT2D eigenvalue weighted by molar-refractivity contribution is 7.85. The summed E-state index contributed by atoms with van der Waals surface area (Å²) in [5.74, 6) is -1.95. The van der Waals surface area contributed by atoms with Gasteiger partial charge in [-0.15, -0.1) is 0 Å². The van der Waals surface area contributed by atoms with Gasteiger partial charge >= 0.3 is 30.1 Å². The molecule has 0 bridgehead atoms. The summed E-state index contributed by atoms with van der Waals surface area (Å²) in [6.07, 6.45) is 3.39. The molecule has 2 amide bonds. The Hall–Kier alpha value is -6.30. The van der Waals surface area contributed by atoms with E-state index in [1.165, 1.54) is 0 Å². The van der Waals surface area contributed by atoms with Gasteiger partial charge in [-0.2, -0.15) is 8.42 Å². The van der Waals surface area contributed by atoms with Crippen LogP contribution < -0.4 is 16.4 Å². The maximum Gasteiger partial charge on any atom is 0.407 e. The largest absolute Gasteiger partial charge is 0.465 e. The van der Waals surface area contributed by atoms with E-state index in [-0.39, 0.29) is 32.2 Å². The minimum atomic E-state index is -3.67. The zero-order chi connectivity index (χ0) is 51.7. The lowest BCUT2D eigenvalue weighted by atomic mass is 9.97. The molecule has 4 aromatic rings. The smallest absolute Gasteiger partial charge is 0.407 e. The van der Waals surface area contributed by atoms with E-state index in [2.05, 4.69) is 34.9 Å². The van der Waals surface area contributed by atoms with E-state index in [1.54, 1.807) is 0 Å². The summed E-state index contributed by atoms with van der Waals surface area (Å²) in [5, 5.41) is 5.40. The average molecular weight is 990 g/mol. The minimum Gasteiger partial charge on any atom is -0.465 e. The zero-order valence-corrected chi connectivity index (χ0v) is 42.3. The van der Waals surface area contributed by atoms with E-state index in [0.29, 0.717) is 45.0 Å². The lowest BCUT2D eigenvalue weighted by molar-refractivity contribution is -0.156. The minimum absolute atomic E-state index is 0.0474. The summed E-state index contributed by atoms with van der Waals surface area (Å²) in [6.45, 7) is 12.3. The van der Waals surface area contributed by atoms with Crippen LogP contribution in [0.4, 0.5) is 9.59 Å². The van der Waals surface area contributed by atoms with Gasteiger partial charge in [-0.05, 0) is 107 Å². The van der Waals surface area contributed by atoms with Crippen LogP contribution >= 0.6 is 0 Å². The molecule has 0 saturated heterocycles. The van der Waals surface area contributed by atoms with Gasteiger partial charge < -0.3 is 40.1 Å². The predicted molar refractivity (Wildman–Crippen MR) is 267 cm³/mol. The molecule has 5 N–H and O–H groups in total. The third-order valence-electron chi connectivity index (χ3n) is 10.1. The first-order valence-corrected chi connectivity index (χ1v) is 25.2. The maximum absolute atomic E-state index is 13.0. The first-order valence-electron chi connectivity index (χ1n) is 23.4. The third-order valence-corrected chi connectivity index (χ3v) is 10.1. The van der Waals surface area contributed by atoms with Crippen LogP contribution in [-0.4, -0.2) is 86.3 Å². The number of rotatable bonds is 20.